The SMILES string of the molecule is CNC(=O)CCC(=O)N[C@H](c1cnc2ccccc2c1)C1CC(O)C1. The van der Waals surface area contributed by atoms with E-state index in [0.29, 0.717) is 12.8 Å². The van der Waals surface area contributed by atoms with Crippen LogP contribution in [0.4, 0.5) is 0 Å². The summed E-state index contributed by atoms with van der Waals surface area (Å²) in [5, 5.41) is 16.2. The molecule has 0 saturated heterocycles. The smallest absolute Gasteiger partial charge is 0.221 e. The van der Waals surface area contributed by atoms with Crippen molar-refractivity contribution in [2.75, 3.05) is 7.05 Å². The van der Waals surface area contributed by atoms with Crippen molar-refractivity contribution >= 4 is 22.7 Å². The Hall–Kier alpha value is -2.47. The molecule has 1 aliphatic carbocycles. The minimum absolute atomic E-state index is 0.145. The first-order chi connectivity index (χ1) is 12.1. The lowest BCUT2D eigenvalue weighted by Crippen LogP contribution is -2.41. The number of para-hydroxylation sites is 1. The molecule has 1 heterocycles. The van der Waals surface area contributed by atoms with E-state index in [2.05, 4.69) is 15.6 Å². The molecule has 25 heavy (non-hydrogen) atoms. The van der Waals surface area contributed by atoms with Crippen LogP contribution in [0.15, 0.2) is 36.5 Å². The van der Waals surface area contributed by atoms with E-state index in [1.807, 2.05) is 30.3 Å². The maximum atomic E-state index is 12.3. The van der Waals surface area contributed by atoms with Crippen LogP contribution in [0.3, 0.4) is 0 Å². The van der Waals surface area contributed by atoms with E-state index in [-0.39, 0.29) is 42.7 Å². The van der Waals surface area contributed by atoms with Crippen molar-refractivity contribution in [2.45, 2.75) is 37.8 Å². The molecule has 132 valence electrons. The quantitative estimate of drug-likeness (QED) is 0.746. The predicted molar refractivity (Wildman–Crippen MR) is 94.7 cm³/mol. The number of carbonyl (C=O) groups excluding carboxylic acids is 2. The molecule has 6 heteroatoms. The van der Waals surface area contributed by atoms with E-state index in [4.69, 9.17) is 0 Å². The van der Waals surface area contributed by atoms with E-state index >= 15 is 0 Å². The Morgan fingerprint density at radius 3 is 2.68 bits per heavy atom. The average molecular weight is 341 g/mol. The van der Waals surface area contributed by atoms with E-state index in [9.17, 15) is 14.7 Å². The van der Waals surface area contributed by atoms with E-state index in [1.165, 1.54) is 0 Å². The van der Waals surface area contributed by atoms with Crippen LogP contribution in [0.2, 0.25) is 0 Å². The molecule has 2 amide bonds. The molecule has 0 radical (unpaired) electrons. The molecule has 2 aromatic rings. The van der Waals surface area contributed by atoms with Crippen molar-refractivity contribution in [3.8, 4) is 0 Å². The summed E-state index contributed by atoms with van der Waals surface area (Å²) in [6.45, 7) is 0. The fourth-order valence-electron chi connectivity index (χ4n) is 3.23. The number of pyridine rings is 1. The third kappa shape index (κ3) is 4.14. The van der Waals surface area contributed by atoms with Gasteiger partial charge in [0, 0.05) is 31.5 Å². The Morgan fingerprint density at radius 1 is 1.24 bits per heavy atom. The van der Waals surface area contributed by atoms with Crippen LogP contribution in [0.1, 0.15) is 37.3 Å². The van der Waals surface area contributed by atoms with Crippen LogP contribution in [0, 0.1) is 5.92 Å². The molecule has 0 aliphatic heterocycles. The van der Waals surface area contributed by atoms with Gasteiger partial charge in [-0.1, -0.05) is 18.2 Å². The van der Waals surface area contributed by atoms with Gasteiger partial charge in [-0.3, -0.25) is 14.6 Å². The Labute approximate surface area is 146 Å². The first-order valence-electron chi connectivity index (χ1n) is 8.59. The van der Waals surface area contributed by atoms with Crippen molar-refractivity contribution in [2.24, 2.45) is 5.92 Å². The number of hydrogen-bond donors (Lipinski definition) is 3. The number of rotatable bonds is 6. The van der Waals surface area contributed by atoms with Crippen molar-refractivity contribution in [3.63, 3.8) is 0 Å². The minimum Gasteiger partial charge on any atom is -0.393 e. The maximum Gasteiger partial charge on any atom is 0.221 e. The largest absolute Gasteiger partial charge is 0.393 e. The molecule has 1 aliphatic rings. The lowest BCUT2D eigenvalue weighted by atomic mass is 9.75. The topological polar surface area (TPSA) is 91.3 Å². The molecule has 1 fully saturated rings. The molecule has 0 unspecified atom stereocenters. The molecule has 1 saturated carbocycles. The molecule has 1 aromatic heterocycles. The Bertz CT molecular complexity index is 771. The van der Waals surface area contributed by atoms with E-state index in [0.717, 1.165) is 16.5 Å². The van der Waals surface area contributed by atoms with Crippen LogP contribution in [0.25, 0.3) is 10.9 Å². The van der Waals surface area contributed by atoms with Gasteiger partial charge in [-0.15, -0.1) is 0 Å². The first kappa shape index (κ1) is 17.4. The zero-order chi connectivity index (χ0) is 17.8. The molecule has 3 N–H and O–H groups in total. The van der Waals surface area contributed by atoms with Gasteiger partial charge < -0.3 is 15.7 Å². The van der Waals surface area contributed by atoms with Crippen LogP contribution in [-0.4, -0.2) is 35.1 Å². The summed E-state index contributed by atoms with van der Waals surface area (Å²) < 4.78 is 0. The van der Waals surface area contributed by atoms with Gasteiger partial charge in [-0.25, -0.2) is 0 Å². The lowest BCUT2D eigenvalue weighted by Gasteiger charge is -2.38. The highest BCUT2D eigenvalue weighted by molar-refractivity contribution is 5.84. The minimum atomic E-state index is -0.302. The summed E-state index contributed by atoms with van der Waals surface area (Å²) >= 11 is 0. The highest BCUT2D eigenvalue weighted by Crippen LogP contribution is 2.38. The number of nitrogens with one attached hydrogen (secondary N) is 2. The van der Waals surface area contributed by atoms with Crippen LogP contribution in [0.5, 0.6) is 0 Å². The highest BCUT2D eigenvalue weighted by atomic mass is 16.3. The average Bonchev–Trinajstić information content (AvgIpc) is 2.61. The lowest BCUT2D eigenvalue weighted by molar-refractivity contribution is -0.127. The maximum absolute atomic E-state index is 12.3. The number of nitrogens with zero attached hydrogens (tertiary/aromatic N) is 1. The Kier molecular flexibility index (Phi) is 5.28. The van der Waals surface area contributed by atoms with Crippen molar-refractivity contribution in [3.05, 3.63) is 42.1 Å². The summed E-state index contributed by atoms with van der Waals surface area (Å²) in [4.78, 5) is 28.1. The van der Waals surface area contributed by atoms with Gasteiger partial charge in [-0.2, -0.15) is 0 Å². The fourth-order valence-corrected chi connectivity index (χ4v) is 3.23. The van der Waals surface area contributed by atoms with Gasteiger partial charge in [0.25, 0.3) is 0 Å². The van der Waals surface area contributed by atoms with Crippen LogP contribution < -0.4 is 10.6 Å². The predicted octanol–water partition coefficient (Wildman–Crippen LogP) is 1.69. The van der Waals surface area contributed by atoms with E-state index in [1.54, 1.807) is 13.2 Å². The molecular weight excluding hydrogens is 318 g/mol. The van der Waals surface area contributed by atoms with Gasteiger partial charge in [0.15, 0.2) is 0 Å². The molecule has 0 bridgehead atoms. The third-order valence-corrected chi connectivity index (χ3v) is 4.77. The number of amides is 2. The number of aliphatic hydroxyl groups is 1. The van der Waals surface area contributed by atoms with Crippen LogP contribution in [-0.2, 0) is 9.59 Å². The zero-order valence-electron chi connectivity index (χ0n) is 14.2. The monoisotopic (exact) mass is 341 g/mol. The summed E-state index contributed by atoms with van der Waals surface area (Å²) in [6, 6.07) is 9.68. The second-order valence-corrected chi connectivity index (χ2v) is 6.57. The Morgan fingerprint density at radius 2 is 1.96 bits per heavy atom. The standard InChI is InChI=1S/C19H23N3O3/c1-20-17(24)6-7-18(25)22-19(13-9-15(23)10-13)14-8-12-4-2-3-5-16(12)21-11-14/h2-5,8,11,13,15,19,23H,6-7,9-10H2,1H3,(H,20,24)(H,22,25)/t13?,15?,19-/m0/s1. The van der Waals surface area contributed by atoms with Gasteiger partial charge in [-0.05, 0) is 36.5 Å². The van der Waals surface area contributed by atoms with Crippen molar-refractivity contribution < 1.29 is 14.7 Å². The van der Waals surface area contributed by atoms with Crippen molar-refractivity contribution in [1.82, 2.24) is 15.6 Å². The molecular formula is C19H23N3O3. The molecule has 3 rings (SSSR count). The summed E-state index contributed by atoms with van der Waals surface area (Å²) in [5.74, 6) is -0.136. The summed E-state index contributed by atoms with van der Waals surface area (Å²) in [7, 11) is 1.56. The van der Waals surface area contributed by atoms with Gasteiger partial charge in [0.2, 0.25) is 11.8 Å². The molecule has 1 atom stereocenters. The van der Waals surface area contributed by atoms with Gasteiger partial charge in [0.05, 0.1) is 17.7 Å². The van der Waals surface area contributed by atoms with Crippen molar-refractivity contribution in [1.29, 1.82) is 0 Å². The second-order valence-electron chi connectivity index (χ2n) is 6.57. The van der Waals surface area contributed by atoms with Crippen LogP contribution >= 0.6 is 0 Å². The normalized spacial score (nSPS) is 20.6. The first-order valence-corrected chi connectivity index (χ1v) is 8.59. The number of aromatic nitrogens is 1. The summed E-state index contributed by atoms with van der Waals surface area (Å²) in [5.41, 5.74) is 1.84. The molecule has 6 nitrogen and oxygen atoms in total. The molecule has 0 spiro atoms. The number of benzene rings is 1. The Balaban J connectivity index is 1.76. The number of fused-ring (bicyclic) bond motifs is 1. The highest BCUT2D eigenvalue weighted by Gasteiger charge is 2.35. The van der Waals surface area contributed by atoms with Gasteiger partial charge >= 0.3 is 0 Å². The number of aliphatic hydroxyl groups excluding tert-OH is 1. The third-order valence-electron chi connectivity index (χ3n) is 4.77. The molecule has 1 aromatic carbocycles. The van der Waals surface area contributed by atoms with E-state index < -0.39 is 0 Å². The number of hydrogen-bond acceptors (Lipinski definition) is 4. The fraction of sp³-hybridized carbons (Fsp3) is 0.421. The summed E-state index contributed by atoms with van der Waals surface area (Å²) in [6.07, 6.45) is 3.12. The van der Waals surface area contributed by atoms with Gasteiger partial charge in [0.1, 0.15) is 0 Å². The zero-order valence-corrected chi connectivity index (χ0v) is 14.2. The second kappa shape index (κ2) is 7.61. The number of carbonyl (C=O) groups is 2.